The minimum atomic E-state index is -4.46. The lowest BCUT2D eigenvalue weighted by atomic mass is 9.96. The quantitative estimate of drug-likeness (QED) is 0.605. The van der Waals surface area contributed by atoms with Crippen molar-refractivity contribution in [2.45, 2.75) is 25.6 Å². The predicted octanol–water partition coefficient (Wildman–Crippen LogP) is 4.79. The maximum absolute atomic E-state index is 13.0. The van der Waals surface area contributed by atoms with E-state index in [1.807, 2.05) is 0 Å². The fourth-order valence-corrected chi connectivity index (χ4v) is 3.82. The number of nitrogens with one attached hydrogen (secondary N) is 1. The van der Waals surface area contributed by atoms with E-state index in [-0.39, 0.29) is 5.82 Å². The molecule has 30 heavy (non-hydrogen) atoms. The van der Waals surface area contributed by atoms with Gasteiger partial charge in [-0.1, -0.05) is 12.1 Å². The molecule has 4 rings (SSSR count). The summed E-state index contributed by atoms with van der Waals surface area (Å²) in [6.45, 7) is 3.13. The van der Waals surface area contributed by atoms with E-state index in [0.717, 1.165) is 44.1 Å². The number of nitrogens with zero attached hydrogens (tertiary/aromatic N) is 3. The molecule has 3 aromatic rings. The molecule has 0 radical (unpaired) electrons. The van der Waals surface area contributed by atoms with Crippen molar-refractivity contribution in [3.05, 3.63) is 65.7 Å². The monoisotopic (exact) mass is 418 g/mol. The molecular formula is C22H22F4N4. The molecule has 3 heterocycles. The molecule has 0 atom stereocenters. The summed E-state index contributed by atoms with van der Waals surface area (Å²) >= 11 is 0. The second-order valence-electron chi connectivity index (χ2n) is 7.58. The molecule has 4 nitrogen and oxygen atoms in total. The Labute approximate surface area is 171 Å². The first kappa shape index (κ1) is 20.5. The lowest BCUT2D eigenvalue weighted by molar-refractivity contribution is -0.140. The van der Waals surface area contributed by atoms with Crippen LogP contribution in [0.3, 0.4) is 0 Å². The van der Waals surface area contributed by atoms with E-state index < -0.39 is 11.9 Å². The SMILES string of the molecule is Fc1ccc(CNCC2CCN(c3nccc4nc(C(F)(F)F)ccc34)CC2)cc1. The summed E-state index contributed by atoms with van der Waals surface area (Å²) in [5, 5.41) is 4.06. The Morgan fingerprint density at radius 3 is 2.43 bits per heavy atom. The van der Waals surface area contributed by atoms with Gasteiger partial charge >= 0.3 is 6.18 Å². The predicted molar refractivity (Wildman–Crippen MR) is 108 cm³/mol. The highest BCUT2D eigenvalue weighted by Gasteiger charge is 2.32. The van der Waals surface area contributed by atoms with Gasteiger partial charge in [-0.05, 0) is 61.2 Å². The normalized spacial score (nSPS) is 15.7. The highest BCUT2D eigenvalue weighted by molar-refractivity contribution is 5.89. The summed E-state index contributed by atoms with van der Waals surface area (Å²) in [4.78, 5) is 10.3. The molecule has 1 aliphatic rings. The number of fused-ring (bicyclic) bond motifs is 1. The Kier molecular flexibility index (Phi) is 5.85. The van der Waals surface area contributed by atoms with Gasteiger partial charge in [-0.25, -0.2) is 14.4 Å². The van der Waals surface area contributed by atoms with Crippen molar-refractivity contribution >= 4 is 16.7 Å². The van der Waals surface area contributed by atoms with Gasteiger partial charge < -0.3 is 10.2 Å². The van der Waals surface area contributed by atoms with Gasteiger partial charge in [0.15, 0.2) is 0 Å². The summed E-state index contributed by atoms with van der Waals surface area (Å²) in [5.41, 5.74) is 0.454. The number of anilines is 1. The lowest BCUT2D eigenvalue weighted by Gasteiger charge is -2.33. The third-order valence-electron chi connectivity index (χ3n) is 5.47. The van der Waals surface area contributed by atoms with E-state index in [9.17, 15) is 17.6 Å². The maximum atomic E-state index is 13.0. The van der Waals surface area contributed by atoms with Crippen molar-refractivity contribution in [1.29, 1.82) is 0 Å². The molecule has 1 aliphatic heterocycles. The van der Waals surface area contributed by atoms with E-state index in [4.69, 9.17) is 0 Å². The maximum Gasteiger partial charge on any atom is 0.433 e. The number of piperidine rings is 1. The molecule has 1 N–H and O–H groups in total. The highest BCUT2D eigenvalue weighted by Crippen LogP contribution is 2.32. The highest BCUT2D eigenvalue weighted by atomic mass is 19.4. The lowest BCUT2D eigenvalue weighted by Crippen LogP contribution is -2.37. The Morgan fingerprint density at radius 2 is 1.73 bits per heavy atom. The molecule has 1 saturated heterocycles. The number of hydrogen-bond acceptors (Lipinski definition) is 4. The number of pyridine rings is 2. The largest absolute Gasteiger partial charge is 0.433 e. The zero-order chi connectivity index (χ0) is 21.1. The third-order valence-corrected chi connectivity index (χ3v) is 5.47. The van der Waals surface area contributed by atoms with Crippen LogP contribution in [0.5, 0.6) is 0 Å². The smallest absolute Gasteiger partial charge is 0.356 e. The molecular weight excluding hydrogens is 396 g/mol. The van der Waals surface area contributed by atoms with E-state index in [2.05, 4.69) is 20.2 Å². The summed E-state index contributed by atoms with van der Waals surface area (Å²) in [6.07, 6.45) is -1.02. The summed E-state index contributed by atoms with van der Waals surface area (Å²) in [7, 11) is 0. The van der Waals surface area contributed by atoms with Gasteiger partial charge in [-0.15, -0.1) is 0 Å². The van der Waals surface area contributed by atoms with Crippen LogP contribution in [0.1, 0.15) is 24.1 Å². The first-order valence-corrected chi connectivity index (χ1v) is 9.93. The van der Waals surface area contributed by atoms with Crippen LogP contribution in [0.2, 0.25) is 0 Å². The van der Waals surface area contributed by atoms with Crippen LogP contribution in [-0.2, 0) is 12.7 Å². The van der Waals surface area contributed by atoms with Gasteiger partial charge in [0, 0.05) is 31.2 Å². The van der Waals surface area contributed by atoms with Crippen LogP contribution in [0.25, 0.3) is 10.9 Å². The van der Waals surface area contributed by atoms with E-state index in [0.29, 0.717) is 29.2 Å². The fourth-order valence-electron chi connectivity index (χ4n) is 3.82. The third kappa shape index (κ3) is 4.70. The van der Waals surface area contributed by atoms with E-state index in [1.165, 1.54) is 30.5 Å². The van der Waals surface area contributed by atoms with Crippen LogP contribution < -0.4 is 10.2 Å². The second-order valence-corrected chi connectivity index (χ2v) is 7.58. The van der Waals surface area contributed by atoms with Gasteiger partial charge in [-0.3, -0.25) is 0 Å². The van der Waals surface area contributed by atoms with Crippen molar-refractivity contribution < 1.29 is 17.6 Å². The van der Waals surface area contributed by atoms with Crippen LogP contribution in [-0.4, -0.2) is 29.6 Å². The second kappa shape index (κ2) is 8.55. The van der Waals surface area contributed by atoms with Crippen molar-refractivity contribution in [1.82, 2.24) is 15.3 Å². The van der Waals surface area contributed by atoms with Crippen LogP contribution in [0.4, 0.5) is 23.4 Å². The Hall–Kier alpha value is -2.74. The van der Waals surface area contributed by atoms with Gasteiger partial charge in [0.1, 0.15) is 17.3 Å². The minimum Gasteiger partial charge on any atom is -0.356 e. The molecule has 0 bridgehead atoms. The summed E-state index contributed by atoms with van der Waals surface area (Å²) in [5.74, 6) is 0.955. The number of alkyl halides is 3. The van der Waals surface area contributed by atoms with E-state index in [1.54, 1.807) is 12.1 Å². The summed E-state index contributed by atoms with van der Waals surface area (Å²) in [6, 6.07) is 10.5. The van der Waals surface area contributed by atoms with Crippen LogP contribution >= 0.6 is 0 Å². The van der Waals surface area contributed by atoms with Crippen molar-refractivity contribution in [3.63, 3.8) is 0 Å². The number of rotatable bonds is 5. The van der Waals surface area contributed by atoms with Crippen molar-refractivity contribution in [2.75, 3.05) is 24.5 Å². The molecule has 8 heteroatoms. The number of aromatic nitrogens is 2. The average Bonchev–Trinajstić information content (AvgIpc) is 2.74. The van der Waals surface area contributed by atoms with Gasteiger partial charge in [-0.2, -0.15) is 13.2 Å². The minimum absolute atomic E-state index is 0.238. The molecule has 0 amide bonds. The molecule has 1 fully saturated rings. The Balaban J connectivity index is 1.35. The molecule has 2 aromatic heterocycles. The molecule has 0 unspecified atom stereocenters. The van der Waals surface area contributed by atoms with Crippen LogP contribution in [0, 0.1) is 11.7 Å². The number of hydrogen-bond donors (Lipinski definition) is 1. The topological polar surface area (TPSA) is 41.0 Å². The zero-order valence-electron chi connectivity index (χ0n) is 16.3. The first-order chi connectivity index (χ1) is 14.4. The van der Waals surface area contributed by atoms with Gasteiger partial charge in [0.05, 0.1) is 5.52 Å². The Morgan fingerprint density at radius 1 is 1.00 bits per heavy atom. The van der Waals surface area contributed by atoms with Crippen LogP contribution in [0.15, 0.2) is 48.7 Å². The van der Waals surface area contributed by atoms with Gasteiger partial charge in [0.2, 0.25) is 0 Å². The van der Waals surface area contributed by atoms with Gasteiger partial charge in [0.25, 0.3) is 0 Å². The standard InChI is InChI=1S/C22H22F4N4/c23-17-3-1-15(2-4-17)13-27-14-16-8-11-30(12-9-16)21-18-5-6-20(22(24,25)26)29-19(18)7-10-28-21/h1-7,10,16,27H,8-9,11-14H2. The summed E-state index contributed by atoms with van der Waals surface area (Å²) < 4.78 is 51.8. The zero-order valence-corrected chi connectivity index (χ0v) is 16.3. The van der Waals surface area contributed by atoms with Crippen molar-refractivity contribution in [3.8, 4) is 0 Å². The number of benzene rings is 1. The molecule has 0 aliphatic carbocycles. The number of halogens is 4. The molecule has 0 saturated carbocycles. The van der Waals surface area contributed by atoms with E-state index >= 15 is 0 Å². The van der Waals surface area contributed by atoms with Crippen molar-refractivity contribution in [2.24, 2.45) is 5.92 Å². The molecule has 0 spiro atoms. The first-order valence-electron chi connectivity index (χ1n) is 9.93. The molecule has 158 valence electrons. The fraction of sp³-hybridized carbons (Fsp3) is 0.364. The molecule has 1 aromatic carbocycles. The average molecular weight is 418 g/mol. The Bertz CT molecular complexity index is 996.